The largest absolute Gasteiger partial charge is 0.412 e. The first kappa shape index (κ1) is 66.9. The summed E-state index contributed by atoms with van der Waals surface area (Å²) < 4.78 is 0. The fraction of sp³-hybridized carbons (Fsp3) is 0. The van der Waals surface area contributed by atoms with Crippen molar-refractivity contribution in [2.45, 2.75) is 0 Å². The second kappa shape index (κ2) is 31.1. The summed E-state index contributed by atoms with van der Waals surface area (Å²) in [5.74, 6) is 0. The molecule has 0 aliphatic rings. The van der Waals surface area contributed by atoms with E-state index in [4.69, 9.17) is 0 Å². The van der Waals surface area contributed by atoms with Crippen LogP contribution in [0.5, 0.6) is 0 Å². The van der Waals surface area contributed by atoms with E-state index in [1.54, 1.807) is 0 Å². The van der Waals surface area contributed by atoms with Crippen molar-refractivity contribution in [1.29, 1.82) is 0 Å². The van der Waals surface area contributed by atoms with Gasteiger partial charge < -0.3 is 16.4 Å². The van der Waals surface area contributed by atoms with Crippen LogP contribution in [0.25, 0.3) is 0 Å². The molecule has 4 heavy (non-hydrogen) atoms. The molecule has 6 N–H and O–H groups in total. The summed E-state index contributed by atoms with van der Waals surface area (Å²) in [4.78, 5) is 0. The smallest absolute Gasteiger partial charge is 0 e. The topological polar surface area (TPSA) is 94.5 Å². The Morgan fingerprint density at radius 2 is 0.500 bits per heavy atom. The van der Waals surface area contributed by atoms with E-state index >= 15 is 0 Å². The molecule has 34 valence electrons. The van der Waals surface area contributed by atoms with Crippen molar-refractivity contribution in [3.05, 3.63) is 0 Å². The minimum Gasteiger partial charge on any atom is -0.412 e. The SMILES string of the molecule is O.O.O.[Dy]. The van der Waals surface area contributed by atoms with Crippen LogP contribution in [0.4, 0.5) is 0 Å². The van der Waals surface area contributed by atoms with E-state index in [9.17, 15) is 0 Å². The van der Waals surface area contributed by atoms with E-state index in [0.29, 0.717) is 0 Å². The van der Waals surface area contributed by atoms with Crippen molar-refractivity contribution >= 4 is 0 Å². The van der Waals surface area contributed by atoms with Gasteiger partial charge in [-0.15, -0.1) is 0 Å². The van der Waals surface area contributed by atoms with Crippen LogP contribution in [0.2, 0.25) is 0 Å². The van der Waals surface area contributed by atoms with Crippen LogP contribution in [0.3, 0.4) is 0 Å². The van der Waals surface area contributed by atoms with Gasteiger partial charge in [0.2, 0.25) is 0 Å². The minimum absolute atomic E-state index is 0. The Morgan fingerprint density at radius 3 is 0.500 bits per heavy atom. The molecule has 3 nitrogen and oxygen atoms in total. The standard InChI is InChI=1S/Dy.3H2O/h;3*1H2. The molecule has 0 rings (SSSR count). The molecular weight excluding hydrogens is 210 g/mol. The summed E-state index contributed by atoms with van der Waals surface area (Å²) in [5, 5.41) is 0. The normalized spacial score (nSPS) is 0. The Labute approximate surface area is 54.3 Å². The predicted molar refractivity (Wildman–Crippen MR) is 10.8 cm³/mol. The van der Waals surface area contributed by atoms with E-state index in [1.807, 2.05) is 0 Å². The molecule has 0 aromatic carbocycles. The van der Waals surface area contributed by atoms with Crippen molar-refractivity contribution in [1.82, 2.24) is 0 Å². The van der Waals surface area contributed by atoms with Gasteiger partial charge in [0.1, 0.15) is 0 Å². The molecule has 0 aliphatic carbocycles. The Balaban J connectivity index is 0. The number of hydrogen-bond acceptors (Lipinski definition) is 0. The molecule has 0 spiro atoms. The van der Waals surface area contributed by atoms with Gasteiger partial charge >= 0.3 is 0 Å². The summed E-state index contributed by atoms with van der Waals surface area (Å²) >= 11 is 0. The first-order valence-corrected chi connectivity index (χ1v) is 0. The molecule has 0 aromatic rings. The summed E-state index contributed by atoms with van der Waals surface area (Å²) in [7, 11) is 0. The van der Waals surface area contributed by atoms with Crippen molar-refractivity contribution in [2.24, 2.45) is 0 Å². The number of rotatable bonds is 0. The van der Waals surface area contributed by atoms with Crippen molar-refractivity contribution in [3.8, 4) is 0 Å². The molecule has 0 heterocycles. The summed E-state index contributed by atoms with van der Waals surface area (Å²) in [5.41, 5.74) is 0. The van der Waals surface area contributed by atoms with Gasteiger partial charge in [0.25, 0.3) is 0 Å². The molecule has 0 aliphatic heterocycles. The van der Waals surface area contributed by atoms with E-state index in [1.165, 1.54) is 0 Å². The molecule has 0 saturated heterocycles. The van der Waals surface area contributed by atoms with Gasteiger partial charge in [-0.25, -0.2) is 0 Å². The van der Waals surface area contributed by atoms with Gasteiger partial charge in [-0.3, -0.25) is 0 Å². The summed E-state index contributed by atoms with van der Waals surface area (Å²) in [6.45, 7) is 0. The van der Waals surface area contributed by atoms with Gasteiger partial charge in [-0.2, -0.15) is 0 Å². The zero-order valence-electron chi connectivity index (χ0n) is 1.82. The van der Waals surface area contributed by atoms with E-state index < -0.39 is 0 Å². The quantitative estimate of drug-likeness (QED) is 0.429. The molecule has 0 bridgehead atoms. The zero-order chi connectivity index (χ0) is 0. The Hall–Kier alpha value is 1.15. The third kappa shape index (κ3) is 11.0. The fourth-order valence-electron chi connectivity index (χ4n) is 0. The number of hydrogen-bond donors (Lipinski definition) is 0. The second-order valence-electron chi connectivity index (χ2n) is 0. The third-order valence-electron chi connectivity index (χ3n) is 0. The van der Waals surface area contributed by atoms with Gasteiger partial charge in [-0.1, -0.05) is 0 Å². The molecule has 4 heteroatoms. The molecule has 0 aromatic heterocycles. The van der Waals surface area contributed by atoms with Crippen LogP contribution < -0.4 is 0 Å². The van der Waals surface area contributed by atoms with Crippen molar-refractivity contribution < 1.29 is 54.6 Å². The Bertz CT molecular complexity index is 3.25. The maximum Gasteiger partial charge on any atom is 0 e. The van der Waals surface area contributed by atoms with Crippen LogP contribution >= 0.6 is 0 Å². The Morgan fingerprint density at radius 1 is 0.500 bits per heavy atom. The fourth-order valence-corrected chi connectivity index (χ4v) is 0. The summed E-state index contributed by atoms with van der Waals surface area (Å²) in [6, 6.07) is 0. The van der Waals surface area contributed by atoms with E-state index in [0.717, 1.165) is 0 Å². The van der Waals surface area contributed by atoms with E-state index in [2.05, 4.69) is 0 Å². The molecule has 0 amide bonds. The van der Waals surface area contributed by atoms with E-state index in [-0.39, 0.29) is 54.6 Å². The van der Waals surface area contributed by atoms with Gasteiger partial charge in [0.05, 0.1) is 0 Å². The molecule has 0 fully saturated rings. The molecule has 0 unspecified atom stereocenters. The Kier molecular flexibility index (Phi) is 519. The third-order valence-corrected chi connectivity index (χ3v) is 0. The molecular formula is H6DyO3. The van der Waals surface area contributed by atoms with Gasteiger partial charge in [-0.05, 0) is 0 Å². The van der Waals surface area contributed by atoms with Crippen LogP contribution in [0.15, 0.2) is 0 Å². The minimum atomic E-state index is 0. The average Bonchev–Trinajstić information content (AvgIpc) is 0. The van der Waals surface area contributed by atoms with Crippen LogP contribution in [0, 0.1) is 38.2 Å². The van der Waals surface area contributed by atoms with Crippen LogP contribution in [0.1, 0.15) is 0 Å². The van der Waals surface area contributed by atoms with Crippen LogP contribution in [-0.2, 0) is 0 Å². The average molecular weight is 217 g/mol. The van der Waals surface area contributed by atoms with Gasteiger partial charge in [0.15, 0.2) is 0 Å². The first-order chi connectivity index (χ1) is 0. The zero-order valence-corrected chi connectivity index (χ0v) is 3.85. The predicted octanol–water partition coefficient (Wildman–Crippen LogP) is -2.47. The maximum atomic E-state index is 0. The molecule has 0 saturated carbocycles. The molecule has 0 radical (unpaired) electrons. The van der Waals surface area contributed by atoms with Crippen molar-refractivity contribution in [2.75, 3.05) is 0 Å². The van der Waals surface area contributed by atoms with Gasteiger partial charge in [0, 0.05) is 38.2 Å². The van der Waals surface area contributed by atoms with Crippen molar-refractivity contribution in [3.63, 3.8) is 0 Å². The summed E-state index contributed by atoms with van der Waals surface area (Å²) in [6.07, 6.45) is 0. The maximum absolute atomic E-state index is 0. The monoisotopic (exact) mass is 218 g/mol. The van der Waals surface area contributed by atoms with Crippen LogP contribution in [-0.4, -0.2) is 16.4 Å². The first-order valence-electron chi connectivity index (χ1n) is 0. The molecule has 0 atom stereocenters. The second-order valence-corrected chi connectivity index (χ2v) is 0.